The predicted octanol–water partition coefficient (Wildman–Crippen LogP) is -1.39. The molecular weight excluding hydrogens is 331 g/mol. The first-order valence-corrected chi connectivity index (χ1v) is 8.21. The highest BCUT2D eigenvalue weighted by atomic mass is 31.2. The number of aromatic amines is 1. The van der Waals surface area contributed by atoms with Crippen LogP contribution in [0, 0.1) is 0 Å². The topological polar surface area (TPSA) is 174 Å². The van der Waals surface area contributed by atoms with Crippen molar-refractivity contribution in [1.82, 2.24) is 20.6 Å². The molecule has 11 nitrogen and oxygen atoms in total. The van der Waals surface area contributed by atoms with Gasteiger partial charge in [-0.05, 0) is 0 Å². The van der Waals surface area contributed by atoms with Crippen molar-refractivity contribution in [2.75, 3.05) is 19.7 Å². The SMILES string of the molecule is O=C(CCNCCOP(=O)(O)O)NC(Cc1c[nH]cn1)C(=O)O. The molecule has 6 N–H and O–H groups in total. The van der Waals surface area contributed by atoms with E-state index in [-0.39, 0.29) is 32.5 Å². The van der Waals surface area contributed by atoms with Crippen molar-refractivity contribution < 1.29 is 33.6 Å². The molecule has 1 amide bonds. The van der Waals surface area contributed by atoms with Crippen LogP contribution >= 0.6 is 7.82 Å². The van der Waals surface area contributed by atoms with Crippen molar-refractivity contribution in [3.63, 3.8) is 0 Å². The van der Waals surface area contributed by atoms with E-state index in [0.29, 0.717) is 5.69 Å². The van der Waals surface area contributed by atoms with Gasteiger partial charge in [-0.15, -0.1) is 0 Å². The van der Waals surface area contributed by atoms with Crippen LogP contribution in [0.25, 0.3) is 0 Å². The summed E-state index contributed by atoms with van der Waals surface area (Å²) in [6.07, 6.45) is 3.04. The van der Waals surface area contributed by atoms with E-state index >= 15 is 0 Å². The molecule has 0 fully saturated rings. The molecule has 0 aliphatic heterocycles. The summed E-state index contributed by atoms with van der Waals surface area (Å²) in [6, 6.07) is -1.08. The Balaban J connectivity index is 2.23. The van der Waals surface area contributed by atoms with Crippen LogP contribution in [0.4, 0.5) is 0 Å². The number of phosphoric ester groups is 1. The lowest BCUT2D eigenvalue weighted by Gasteiger charge is -2.13. The highest BCUT2D eigenvalue weighted by molar-refractivity contribution is 7.46. The van der Waals surface area contributed by atoms with E-state index in [4.69, 9.17) is 14.9 Å². The first kappa shape index (κ1) is 19.3. The summed E-state index contributed by atoms with van der Waals surface area (Å²) in [4.78, 5) is 46.3. The summed E-state index contributed by atoms with van der Waals surface area (Å²) in [5.41, 5.74) is 0.519. The van der Waals surface area contributed by atoms with Crippen LogP contribution in [0.15, 0.2) is 12.5 Å². The van der Waals surface area contributed by atoms with Gasteiger partial charge in [0.2, 0.25) is 5.91 Å². The normalized spacial score (nSPS) is 12.8. The van der Waals surface area contributed by atoms with Gasteiger partial charge in [0.25, 0.3) is 0 Å². The van der Waals surface area contributed by atoms with Crippen LogP contribution in [0.1, 0.15) is 12.1 Å². The third-order valence-electron chi connectivity index (χ3n) is 2.67. The maximum absolute atomic E-state index is 11.7. The maximum atomic E-state index is 11.7. The number of hydrogen-bond donors (Lipinski definition) is 6. The molecule has 1 rings (SSSR count). The number of imidazole rings is 1. The molecule has 130 valence electrons. The van der Waals surface area contributed by atoms with Gasteiger partial charge in [0.15, 0.2) is 0 Å². The second-order valence-corrected chi connectivity index (χ2v) is 5.79. The number of aliphatic carboxylic acids is 1. The van der Waals surface area contributed by atoms with Crippen molar-refractivity contribution in [2.45, 2.75) is 18.9 Å². The molecule has 23 heavy (non-hydrogen) atoms. The van der Waals surface area contributed by atoms with Crippen molar-refractivity contribution in [1.29, 1.82) is 0 Å². The fraction of sp³-hybridized carbons (Fsp3) is 0.545. The number of amides is 1. The molecule has 1 atom stereocenters. The molecule has 0 aromatic carbocycles. The Labute approximate surface area is 131 Å². The van der Waals surface area contributed by atoms with Gasteiger partial charge < -0.3 is 30.5 Å². The summed E-state index contributed by atoms with van der Waals surface area (Å²) in [5.74, 6) is -1.62. The highest BCUT2D eigenvalue weighted by Gasteiger charge is 2.21. The van der Waals surface area contributed by atoms with E-state index in [1.54, 1.807) is 6.20 Å². The lowest BCUT2D eigenvalue weighted by atomic mass is 10.1. The molecule has 1 unspecified atom stereocenters. The molecule has 0 bridgehead atoms. The standard InChI is InChI=1S/C11H19N4O7P/c16-10(1-2-12-3-4-22-23(19,20)21)15-9(11(17)18)5-8-6-13-7-14-8/h6-7,9,12H,1-5H2,(H,13,14)(H,15,16)(H,17,18)(H2,19,20,21). The number of carbonyl (C=O) groups is 2. The maximum Gasteiger partial charge on any atom is 0.469 e. The van der Waals surface area contributed by atoms with Crippen molar-refractivity contribution >= 4 is 19.7 Å². The van der Waals surface area contributed by atoms with Crippen molar-refractivity contribution in [2.24, 2.45) is 0 Å². The summed E-state index contributed by atoms with van der Waals surface area (Å²) in [6.45, 7) is 0.155. The number of aromatic nitrogens is 2. The lowest BCUT2D eigenvalue weighted by molar-refractivity contribution is -0.141. The first-order chi connectivity index (χ1) is 10.8. The highest BCUT2D eigenvalue weighted by Crippen LogP contribution is 2.34. The zero-order valence-electron chi connectivity index (χ0n) is 12.1. The number of carboxylic acid groups (broad SMARTS) is 1. The van der Waals surface area contributed by atoms with Gasteiger partial charge >= 0.3 is 13.8 Å². The number of rotatable bonds is 11. The Hall–Kier alpha value is -1.78. The number of phosphoric acid groups is 1. The van der Waals surface area contributed by atoms with E-state index in [0.717, 1.165) is 0 Å². The Bertz CT molecular complexity index is 545. The molecule has 0 spiro atoms. The first-order valence-electron chi connectivity index (χ1n) is 6.68. The van der Waals surface area contributed by atoms with Gasteiger partial charge in [-0.2, -0.15) is 0 Å². The Morgan fingerprint density at radius 3 is 2.70 bits per heavy atom. The quantitative estimate of drug-likeness (QED) is 0.207. The Morgan fingerprint density at radius 1 is 1.39 bits per heavy atom. The second kappa shape index (κ2) is 9.38. The van der Waals surface area contributed by atoms with Crippen LogP contribution in [-0.2, 0) is 25.1 Å². The van der Waals surface area contributed by atoms with Gasteiger partial charge in [-0.3, -0.25) is 9.32 Å². The number of nitrogens with one attached hydrogen (secondary N) is 3. The molecule has 1 heterocycles. The molecule has 12 heteroatoms. The zero-order valence-corrected chi connectivity index (χ0v) is 13.0. The number of H-pyrrole nitrogens is 1. The number of carbonyl (C=O) groups excluding carboxylic acids is 1. The smallest absolute Gasteiger partial charge is 0.469 e. The van der Waals surface area contributed by atoms with Gasteiger partial charge in [-0.25, -0.2) is 14.3 Å². The van der Waals surface area contributed by atoms with E-state index in [9.17, 15) is 14.2 Å². The average molecular weight is 350 g/mol. The Morgan fingerprint density at radius 2 is 2.13 bits per heavy atom. The molecule has 0 aliphatic rings. The number of carboxylic acids is 1. The largest absolute Gasteiger partial charge is 0.480 e. The van der Waals surface area contributed by atoms with E-state index in [1.165, 1.54) is 6.33 Å². The second-order valence-electron chi connectivity index (χ2n) is 4.55. The molecule has 1 aromatic heterocycles. The predicted molar refractivity (Wildman–Crippen MR) is 77.3 cm³/mol. The van der Waals surface area contributed by atoms with Gasteiger partial charge in [0.05, 0.1) is 18.6 Å². The number of nitrogens with zero attached hydrogens (tertiary/aromatic N) is 1. The minimum atomic E-state index is -4.48. The third kappa shape index (κ3) is 9.06. The minimum absolute atomic E-state index is 0.0141. The summed E-state index contributed by atoms with van der Waals surface area (Å²) in [7, 11) is -4.48. The molecule has 0 radical (unpaired) electrons. The van der Waals surface area contributed by atoms with Gasteiger partial charge in [0, 0.05) is 32.1 Å². The summed E-state index contributed by atoms with van der Waals surface area (Å²) in [5, 5.41) is 14.2. The molecular formula is C11H19N4O7P. The molecule has 1 aromatic rings. The van der Waals surface area contributed by atoms with Crippen molar-refractivity contribution in [3.8, 4) is 0 Å². The molecule has 0 saturated heterocycles. The minimum Gasteiger partial charge on any atom is -0.480 e. The van der Waals surface area contributed by atoms with E-state index in [1.807, 2.05) is 0 Å². The summed E-state index contributed by atoms with van der Waals surface area (Å²) < 4.78 is 14.6. The third-order valence-corrected chi connectivity index (χ3v) is 3.19. The fourth-order valence-corrected chi connectivity index (χ4v) is 1.97. The average Bonchev–Trinajstić information content (AvgIpc) is 2.93. The Kier molecular flexibility index (Phi) is 7.86. The summed E-state index contributed by atoms with van der Waals surface area (Å²) >= 11 is 0. The lowest BCUT2D eigenvalue weighted by Crippen LogP contribution is -2.43. The van der Waals surface area contributed by atoms with Crippen LogP contribution in [0.3, 0.4) is 0 Å². The zero-order chi connectivity index (χ0) is 17.3. The van der Waals surface area contributed by atoms with Crippen LogP contribution in [-0.4, -0.2) is 62.5 Å². The van der Waals surface area contributed by atoms with E-state index in [2.05, 4.69) is 25.1 Å². The van der Waals surface area contributed by atoms with Crippen LogP contribution in [0.5, 0.6) is 0 Å². The van der Waals surface area contributed by atoms with Crippen molar-refractivity contribution in [3.05, 3.63) is 18.2 Å². The van der Waals surface area contributed by atoms with Gasteiger partial charge in [0.1, 0.15) is 6.04 Å². The van der Waals surface area contributed by atoms with Crippen LogP contribution in [0.2, 0.25) is 0 Å². The molecule has 0 aliphatic carbocycles. The van der Waals surface area contributed by atoms with Gasteiger partial charge in [-0.1, -0.05) is 0 Å². The molecule has 0 saturated carbocycles. The number of hydrogen-bond acceptors (Lipinski definition) is 6. The van der Waals surface area contributed by atoms with Crippen LogP contribution < -0.4 is 10.6 Å². The van der Waals surface area contributed by atoms with E-state index < -0.39 is 25.7 Å². The fourth-order valence-electron chi connectivity index (χ4n) is 1.64. The monoisotopic (exact) mass is 350 g/mol.